The Morgan fingerprint density at radius 1 is 1.59 bits per heavy atom. The third kappa shape index (κ3) is 5.63. The lowest BCUT2D eigenvalue weighted by Crippen LogP contribution is -2.33. The van der Waals surface area contributed by atoms with E-state index >= 15 is 0 Å². The van der Waals surface area contributed by atoms with Gasteiger partial charge in [0.2, 0.25) is 0 Å². The van der Waals surface area contributed by atoms with E-state index in [0.717, 1.165) is 0 Å². The number of carbonyl (C=O) groups is 1. The van der Waals surface area contributed by atoms with Crippen molar-refractivity contribution in [2.24, 2.45) is 4.99 Å². The molecule has 5 nitrogen and oxygen atoms in total. The number of ether oxygens (including phenoxy) is 1. The molecule has 0 aromatic carbocycles. The molecular formula is C11H15ClN2O3. The van der Waals surface area contributed by atoms with Gasteiger partial charge in [0.25, 0.3) is 5.91 Å². The maximum atomic E-state index is 11.6. The summed E-state index contributed by atoms with van der Waals surface area (Å²) < 4.78 is 5.01. The molecule has 0 saturated carbocycles. The number of carbonyl (C=O) groups excluding carboxylic acids is 1. The molecule has 0 atom stereocenters. The second-order valence-electron chi connectivity index (χ2n) is 3.28. The fraction of sp³-hybridized carbons (Fsp3) is 0.455. The van der Waals surface area contributed by atoms with Gasteiger partial charge in [-0.25, -0.2) is 0 Å². The molecule has 0 radical (unpaired) electrons. The van der Waals surface area contributed by atoms with Crippen molar-refractivity contribution in [3.8, 4) is 0 Å². The summed E-state index contributed by atoms with van der Waals surface area (Å²) in [4.78, 5) is 15.6. The Bertz CT molecular complexity index is 348. The summed E-state index contributed by atoms with van der Waals surface area (Å²) in [5.74, 6) is -0.232. The molecule has 0 fully saturated rings. The molecule has 0 bridgehead atoms. The topological polar surface area (TPSA) is 70.9 Å². The van der Waals surface area contributed by atoms with Crippen LogP contribution < -0.4 is 5.32 Å². The van der Waals surface area contributed by atoms with Crippen LogP contribution in [0.15, 0.2) is 28.4 Å². The van der Waals surface area contributed by atoms with Gasteiger partial charge < -0.3 is 15.2 Å². The van der Waals surface area contributed by atoms with Crippen molar-refractivity contribution in [1.29, 1.82) is 0 Å². The van der Waals surface area contributed by atoms with Crippen LogP contribution in [0.2, 0.25) is 0 Å². The highest BCUT2D eigenvalue weighted by atomic mass is 35.5. The lowest BCUT2D eigenvalue weighted by molar-refractivity contribution is -0.115. The van der Waals surface area contributed by atoms with Crippen LogP contribution in [0.1, 0.15) is 6.42 Å². The highest BCUT2D eigenvalue weighted by Gasteiger charge is 2.10. The van der Waals surface area contributed by atoms with Crippen LogP contribution in [0.5, 0.6) is 0 Å². The van der Waals surface area contributed by atoms with Gasteiger partial charge in [-0.05, 0) is 6.08 Å². The highest BCUT2D eigenvalue weighted by molar-refractivity contribution is 6.40. The van der Waals surface area contributed by atoms with Crippen LogP contribution >= 0.6 is 11.6 Å². The summed E-state index contributed by atoms with van der Waals surface area (Å²) in [5.41, 5.74) is 0.416. The molecule has 6 heteroatoms. The summed E-state index contributed by atoms with van der Waals surface area (Å²) >= 11 is 5.78. The second kappa shape index (κ2) is 8.00. The van der Waals surface area contributed by atoms with Crippen molar-refractivity contribution in [1.82, 2.24) is 5.32 Å². The van der Waals surface area contributed by atoms with E-state index in [1.165, 1.54) is 6.20 Å². The zero-order valence-corrected chi connectivity index (χ0v) is 10.1. The number of nitrogens with one attached hydrogen (secondary N) is 1. The molecule has 0 aliphatic carbocycles. The summed E-state index contributed by atoms with van der Waals surface area (Å²) in [7, 11) is 0. The maximum absolute atomic E-state index is 11.6. The quantitative estimate of drug-likeness (QED) is 0.685. The van der Waals surface area contributed by atoms with Gasteiger partial charge in [0, 0.05) is 24.2 Å². The van der Waals surface area contributed by atoms with Crippen molar-refractivity contribution >= 4 is 23.2 Å². The number of amides is 1. The minimum Gasteiger partial charge on any atom is -0.394 e. The molecule has 17 heavy (non-hydrogen) atoms. The molecule has 2 N–H and O–H groups in total. The molecule has 0 unspecified atom stereocenters. The lowest BCUT2D eigenvalue weighted by Gasteiger charge is -2.06. The summed E-state index contributed by atoms with van der Waals surface area (Å²) in [5, 5.41) is 11.7. The first-order chi connectivity index (χ1) is 8.24. The van der Waals surface area contributed by atoms with Crippen LogP contribution in [0, 0.1) is 0 Å². The number of halogens is 1. The second-order valence-corrected chi connectivity index (χ2v) is 3.71. The van der Waals surface area contributed by atoms with Crippen molar-refractivity contribution in [3.05, 3.63) is 23.4 Å². The average Bonchev–Trinajstić information content (AvgIpc) is 2.53. The van der Waals surface area contributed by atoms with E-state index in [4.69, 9.17) is 21.4 Å². The zero-order valence-electron chi connectivity index (χ0n) is 9.36. The van der Waals surface area contributed by atoms with Crippen molar-refractivity contribution in [3.63, 3.8) is 0 Å². The van der Waals surface area contributed by atoms with Gasteiger partial charge in [0.1, 0.15) is 5.71 Å². The third-order valence-corrected chi connectivity index (χ3v) is 2.26. The number of aliphatic hydroxyl groups excluding tert-OH is 1. The molecule has 0 saturated heterocycles. The Balaban J connectivity index is 2.28. The van der Waals surface area contributed by atoms with E-state index in [0.29, 0.717) is 30.3 Å². The number of nitrogens with zero attached hydrogens (tertiary/aromatic N) is 1. The van der Waals surface area contributed by atoms with Gasteiger partial charge in [0.15, 0.2) is 0 Å². The fourth-order valence-corrected chi connectivity index (χ4v) is 1.30. The van der Waals surface area contributed by atoms with Gasteiger partial charge in [-0.15, -0.1) is 0 Å². The Morgan fingerprint density at radius 2 is 2.41 bits per heavy atom. The maximum Gasteiger partial charge on any atom is 0.266 e. The minimum atomic E-state index is -0.232. The molecular weight excluding hydrogens is 244 g/mol. The number of allylic oxidation sites excluding steroid dienone is 3. The molecule has 1 aliphatic heterocycles. The molecule has 1 rings (SSSR count). The van der Waals surface area contributed by atoms with E-state index < -0.39 is 0 Å². The van der Waals surface area contributed by atoms with Crippen molar-refractivity contribution < 1.29 is 14.6 Å². The van der Waals surface area contributed by atoms with Gasteiger partial charge in [-0.2, -0.15) is 0 Å². The Morgan fingerprint density at radius 3 is 3.18 bits per heavy atom. The molecule has 0 aromatic heterocycles. The largest absolute Gasteiger partial charge is 0.394 e. The SMILES string of the molecule is O=C(NCCOCCO)C1=NC=CC(Cl)=CC1. The Hall–Kier alpha value is -1.17. The molecule has 1 amide bonds. The van der Waals surface area contributed by atoms with E-state index in [-0.39, 0.29) is 19.1 Å². The van der Waals surface area contributed by atoms with Crippen LogP contribution in [-0.4, -0.2) is 43.1 Å². The Kier molecular flexibility index (Phi) is 6.54. The average molecular weight is 259 g/mol. The number of hydrogen-bond acceptors (Lipinski definition) is 4. The first kappa shape index (κ1) is 13.9. The molecule has 1 aliphatic rings. The number of aliphatic imine (C=N–C) groups is 1. The van der Waals surface area contributed by atoms with Gasteiger partial charge in [-0.1, -0.05) is 17.7 Å². The van der Waals surface area contributed by atoms with E-state index in [1.807, 2.05) is 0 Å². The monoisotopic (exact) mass is 258 g/mol. The van der Waals surface area contributed by atoms with E-state index in [1.54, 1.807) is 12.2 Å². The summed E-state index contributed by atoms with van der Waals surface area (Å²) in [6.07, 6.45) is 5.27. The predicted octanol–water partition coefficient (Wildman–Crippen LogP) is 0.593. The summed E-state index contributed by atoms with van der Waals surface area (Å²) in [6.45, 7) is 1.01. The lowest BCUT2D eigenvalue weighted by atomic mass is 10.2. The van der Waals surface area contributed by atoms with Crippen molar-refractivity contribution in [2.75, 3.05) is 26.4 Å². The number of rotatable bonds is 6. The van der Waals surface area contributed by atoms with Gasteiger partial charge >= 0.3 is 0 Å². The molecule has 1 heterocycles. The molecule has 94 valence electrons. The normalized spacial score (nSPS) is 14.9. The molecule has 0 spiro atoms. The molecule has 0 aromatic rings. The number of aliphatic hydroxyl groups is 1. The highest BCUT2D eigenvalue weighted by Crippen LogP contribution is 2.09. The standard InChI is InChI=1S/C11H15ClN2O3/c12-9-1-2-10(13-4-3-9)11(16)14-5-7-17-8-6-15/h1,3-4,15H,2,5-8H2,(H,14,16). The predicted molar refractivity (Wildman–Crippen MR) is 66.0 cm³/mol. The van der Waals surface area contributed by atoms with Crippen LogP contribution in [-0.2, 0) is 9.53 Å². The third-order valence-electron chi connectivity index (χ3n) is 1.98. The van der Waals surface area contributed by atoms with Crippen LogP contribution in [0.4, 0.5) is 0 Å². The van der Waals surface area contributed by atoms with E-state index in [9.17, 15) is 4.79 Å². The van der Waals surface area contributed by atoms with Gasteiger partial charge in [0.05, 0.1) is 19.8 Å². The van der Waals surface area contributed by atoms with Crippen LogP contribution in [0.25, 0.3) is 0 Å². The minimum absolute atomic E-state index is 0.0191. The Labute approximate surface area is 105 Å². The van der Waals surface area contributed by atoms with E-state index in [2.05, 4.69) is 10.3 Å². The van der Waals surface area contributed by atoms with Crippen molar-refractivity contribution in [2.45, 2.75) is 6.42 Å². The van der Waals surface area contributed by atoms with Gasteiger partial charge in [-0.3, -0.25) is 9.79 Å². The number of hydrogen-bond donors (Lipinski definition) is 2. The van der Waals surface area contributed by atoms with Crippen LogP contribution in [0.3, 0.4) is 0 Å². The first-order valence-corrected chi connectivity index (χ1v) is 5.67. The smallest absolute Gasteiger partial charge is 0.266 e. The first-order valence-electron chi connectivity index (χ1n) is 5.29. The zero-order chi connectivity index (χ0) is 12.5. The summed E-state index contributed by atoms with van der Waals surface area (Å²) in [6, 6.07) is 0. The fourth-order valence-electron chi connectivity index (χ4n) is 1.17.